The fourth-order valence-corrected chi connectivity index (χ4v) is 2.46. The first-order valence-electron chi connectivity index (χ1n) is 8.11. The highest BCUT2D eigenvalue weighted by Gasteiger charge is 2.14. The van der Waals surface area contributed by atoms with Crippen LogP contribution in [0, 0.1) is 5.82 Å². The van der Waals surface area contributed by atoms with Gasteiger partial charge in [0.05, 0.1) is 11.4 Å². The van der Waals surface area contributed by atoms with E-state index in [4.69, 9.17) is 0 Å². The molecule has 0 bridgehead atoms. The van der Waals surface area contributed by atoms with Crippen molar-refractivity contribution in [3.8, 4) is 11.6 Å². The van der Waals surface area contributed by atoms with E-state index in [1.165, 1.54) is 19.1 Å². The van der Waals surface area contributed by atoms with Gasteiger partial charge < -0.3 is 10.4 Å². The van der Waals surface area contributed by atoms with Crippen molar-refractivity contribution < 1.29 is 14.3 Å². The lowest BCUT2D eigenvalue weighted by atomic mass is 10.2. The standard InChI is InChI=1S/C19H15FN4O4/c1-11(25)22-14-6-4-13(5-7-14)21-10-16-17(26)23-19(28)24(18(16)27)15-8-2-12(20)3-9-15/h2-10,27H,1H3,(H,22,25)(H,23,26,28). The maximum absolute atomic E-state index is 13.1. The van der Waals surface area contributed by atoms with Crippen LogP contribution < -0.4 is 16.6 Å². The van der Waals surface area contributed by atoms with E-state index in [0.29, 0.717) is 11.4 Å². The zero-order valence-corrected chi connectivity index (χ0v) is 14.6. The summed E-state index contributed by atoms with van der Waals surface area (Å²) >= 11 is 0. The van der Waals surface area contributed by atoms with Crippen molar-refractivity contribution in [2.75, 3.05) is 5.32 Å². The van der Waals surface area contributed by atoms with Crippen LogP contribution in [0.15, 0.2) is 63.1 Å². The molecule has 0 fully saturated rings. The minimum absolute atomic E-state index is 0.175. The Balaban J connectivity index is 1.98. The monoisotopic (exact) mass is 382 g/mol. The fourth-order valence-electron chi connectivity index (χ4n) is 2.46. The number of hydrogen-bond acceptors (Lipinski definition) is 5. The van der Waals surface area contributed by atoms with Crippen molar-refractivity contribution in [2.24, 2.45) is 4.99 Å². The zero-order valence-electron chi connectivity index (χ0n) is 14.6. The van der Waals surface area contributed by atoms with E-state index in [1.807, 2.05) is 0 Å². The highest BCUT2D eigenvalue weighted by atomic mass is 19.1. The molecule has 0 saturated heterocycles. The quantitative estimate of drug-likeness (QED) is 0.599. The largest absolute Gasteiger partial charge is 0.493 e. The average molecular weight is 382 g/mol. The Morgan fingerprint density at radius 3 is 2.39 bits per heavy atom. The number of aliphatic imine (C=N–C) groups is 1. The summed E-state index contributed by atoms with van der Waals surface area (Å²) < 4.78 is 13.9. The van der Waals surface area contributed by atoms with E-state index in [9.17, 15) is 23.9 Å². The molecular formula is C19H15FN4O4. The molecule has 0 aliphatic carbocycles. The summed E-state index contributed by atoms with van der Waals surface area (Å²) in [6, 6.07) is 11.3. The summed E-state index contributed by atoms with van der Waals surface area (Å²) in [4.78, 5) is 41.4. The highest BCUT2D eigenvalue weighted by Crippen LogP contribution is 2.19. The topological polar surface area (TPSA) is 117 Å². The fraction of sp³-hybridized carbons (Fsp3) is 0.0526. The molecular weight excluding hydrogens is 367 g/mol. The number of carbonyl (C=O) groups excluding carboxylic acids is 1. The number of carbonyl (C=O) groups is 1. The molecule has 3 rings (SSSR count). The lowest BCUT2D eigenvalue weighted by molar-refractivity contribution is -0.114. The Hall–Kier alpha value is -4.01. The summed E-state index contributed by atoms with van der Waals surface area (Å²) in [5.41, 5.74) is -0.723. The second-order valence-corrected chi connectivity index (χ2v) is 5.79. The normalized spacial score (nSPS) is 10.9. The number of nitrogens with one attached hydrogen (secondary N) is 2. The van der Waals surface area contributed by atoms with Crippen LogP contribution in [0.3, 0.4) is 0 Å². The number of rotatable bonds is 4. The predicted octanol–water partition coefficient (Wildman–Crippen LogP) is 2.08. The molecule has 3 N–H and O–H groups in total. The molecule has 2 aromatic carbocycles. The third-order valence-corrected chi connectivity index (χ3v) is 3.74. The van der Waals surface area contributed by atoms with Crippen LogP contribution in [-0.4, -0.2) is 26.8 Å². The molecule has 0 aliphatic rings. The van der Waals surface area contributed by atoms with Gasteiger partial charge in [-0.1, -0.05) is 0 Å². The molecule has 0 radical (unpaired) electrons. The van der Waals surface area contributed by atoms with Crippen molar-refractivity contribution in [1.82, 2.24) is 9.55 Å². The van der Waals surface area contributed by atoms with Gasteiger partial charge in [-0.3, -0.25) is 19.6 Å². The SMILES string of the molecule is CC(=O)Nc1ccc(N=Cc2c(O)n(-c3ccc(F)cc3)c(=O)[nH]c2=O)cc1. The Bertz CT molecular complexity index is 1160. The lowest BCUT2D eigenvalue weighted by Crippen LogP contribution is -2.31. The molecule has 0 unspecified atom stereocenters. The average Bonchev–Trinajstić information content (AvgIpc) is 2.63. The third kappa shape index (κ3) is 4.04. The third-order valence-electron chi connectivity index (χ3n) is 3.74. The Kier molecular flexibility index (Phi) is 5.16. The lowest BCUT2D eigenvalue weighted by Gasteiger charge is -2.09. The van der Waals surface area contributed by atoms with Crippen LogP contribution in [0.25, 0.3) is 5.69 Å². The van der Waals surface area contributed by atoms with Gasteiger partial charge in [-0.05, 0) is 48.5 Å². The molecule has 0 aliphatic heterocycles. The Labute approximate surface area is 157 Å². The van der Waals surface area contributed by atoms with Crippen molar-refractivity contribution >= 4 is 23.5 Å². The van der Waals surface area contributed by atoms with Crippen LogP contribution in [0.1, 0.15) is 12.5 Å². The van der Waals surface area contributed by atoms with E-state index in [0.717, 1.165) is 22.9 Å². The first-order chi connectivity index (χ1) is 13.3. The van der Waals surface area contributed by atoms with Gasteiger partial charge in [0.1, 0.15) is 11.4 Å². The number of H-pyrrole nitrogens is 1. The van der Waals surface area contributed by atoms with Crippen molar-refractivity contribution in [1.29, 1.82) is 0 Å². The second-order valence-electron chi connectivity index (χ2n) is 5.79. The van der Waals surface area contributed by atoms with Gasteiger partial charge in [0.25, 0.3) is 5.56 Å². The van der Waals surface area contributed by atoms with E-state index >= 15 is 0 Å². The maximum atomic E-state index is 13.1. The molecule has 3 aromatic rings. The second kappa shape index (κ2) is 7.70. The van der Waals surface area contributed by atoms with Crippen LogP contribution in [0.5, 0.6) is 5.88 Å². The summed E-state index contributed by atoms with van der Waals surface area (Å²) in [5.74, 6) is -1.35. The number of aromatic amines is 1. The summed E-state index contributed by atoms with van der Waals surface area (Å²) in [6.45, 7) is 1.39. The highest BCUT2D eigenvalue weighted by molar-refractivity contribution is 5.89. The van der Waals surface area contributed by atoms with Gasteiger partial charge >= 0.3 is 5.69 Å². The first-order valence-corrected chi connectivity index (χ1v) is 8.11. The molecule has 1 aromatic heterocycles. The number of anilines is 1. The van der Waals surface area contributed by atoms with Crippen molar-refractivity contribution in [2.45, 2.75) is 6.92 Å². The van der Waals surface area contributed by atoms with Crippen LogP contribution in [0.4, 0.5) is 15.8 Å². The predicted molar refractivity (Wildman–Crippen MR) is 102 cm³/mol. The first kappa shape index (κ1) is 18.8. The number of hydrogen-bond donors (Lipinski definition) is 3. The number of benzene rings is 2. The van der Waals surface area contributed by atoms with Gasteiger partial charge in [0.2, 0.25) is 11.8 Å². The van der Waals surface area contributed by atoms with Gasteiger partial charge in [0.15, 0.2) is 0 Å². The molecule has 142 valence electrons. The molecule has 1 heterocycles. The number of nitrogens with zero attached hydrogens (tertiary/aromatic N) is 2. The van der Waals surface area contributed by atoms with Gasteiger partial charge in [-0.15, -0.1) is 0 Å². The summed E-state index contributed by atoms with van der Waals surface area (Å²) in [7, 11) is 0. The molecule has 0 atom stereocenters. The van der Waals surface area contributed by atoms with Crippen LogP contribution in [-0.2, 0) is 4.79 Å². The maximum Gasteiger partial charge on any atom is 0.335 e. The van der Waals surface area contributed by atoms with Gasteiger partial charge in [-0.2, -0.15) is 0 Å². The molecule has 9 heteroatoms. The summed E-state index contributed by atoms with van der Waals surface area (Å²) in [5, 5.41) is 13.0. The minimum Gasteiger partial charge on any atom is -0.493 e. The molecule has 8 nitrogen and oxygen atoms in total. The van der Waals surface area contributed by atoms with Gasteiger partial charge in [-0.25, -0.2) is 13.8 Å². The Morgan fingerprint density at radius 2 is 1.79 bits per heavy atom. The number of amides is 1. The van der Waals surface area contributed by atoms with E-state index in [2.05, 4.69) is 15.3 Å². The number of halogens is 1. The minimum atomic E-state index is -0.870. The molecule has 1 amide bonds. The zero-order chi connectivity index (χ0) is 20.3. The van der Waals surface area contributed by atoms with Crippen molar-refractivity contribution in [3.05, 3.63) is 80.7 Å². The number of aromatic hydroxyl groups is 1. The smallest absolute Gasteiger partial charge is 0.335 e. The summed E-state index contributed by atoms with van der Waals surface area (Å²) in [6.07, 6.45) is 1.11. The van der Waals surface area contributed by atoms with Crippen LogP contribution >= 0.6 is 0 Å². The van der Waals surface area contributed by atoms with Crippen LogP contribution in [0.2, 0.25) is 0 Å². The van der Waals surface area contributed by atoms with E-state index in [-0.39, 0.29) is 17.2 Å². The molecule has 28 heavy (non-hydrogen) atoms. The number of aromatic nitrogens is 2. The van der Waals surface area contributed by atoms with Crippen molar-refractivity contribution in [3.63, 3.8) is 0 Å². The Morgan fingerprint density at radius 1 is 1.14 bits per heavy atom. The van der Waals surface area contributed by atoms with E-state index < -0.39 is 22.9 Å². The molecule has 0 saturated carbocycles. The van der Waals surface area contributed by atoms with E-state index in [1.54, 1.807) is 24.3 Å². The van der Waals surface area contributed by atoms with Gasteiger partial charge in [0, 0.05) is 18.8 Å². The molecule has 0 spiro atoms.